The van der Waals surface area contributed by atoms with Gasteiger partial charge in [0.15, 0.2) is 0 Å². The fourth-order valence-electron chi connectivity index (χ4n) is 1.76. The average Bonchev–Trinajstić information content (AvgIpc) is 2.47. The van der Waals surface area contributed by atoms with E-state index in [0.717, 1.165) is 5.56 Å². The Labute approximate surface area is 128 Å². The van der Waals surface area contributed by atoms with E-state index < -0.39 is 0 Å². The Morgan fingerprint density at radius 3 is 2.81 bits per heavy atom. The highest BCUT2D eigenvalue weighted by molar-refractivity contribution is 6.32. The van der Waals surface area contributed by atoms with Crippen LogP contribution >= 0.6 is 11.6 Å². The van der Waals surface area contributed by atoms with E-state index >= 15 is 0 Å². The molecule has 0 fully saturated rings. The van der Waals surface area contributed by atoms with E-state index in [1.807, 2.05) is 12.1 Å². The van der Waals surface area contributed by atoms with Crippen LogP contribution in [-0.2, 0) is 4.79 Å². The lowest BCUT2D eigenvalue weighted by Crippen LogP contribution is -2.07. The molecule has 108 valence electrons. The van der Waals surface area contributed by atoms with E-state index in [2.05, 4.69) is 5.32 Å². The van der Waals surface area contributed by atoms with E-state index in [4.69, 9.17) is 22.1 Å². The minimum atomic E-state index is -0.248. The van der Waals surface area contributed by atoms with Gasteiger partial charge in [0, 0.05) is 23.5 Å². The molecule has 5 heteroatoms. The Morgan fingerprint density at radius 2 is 2.10 bits per heavy atom. The van der Waals surface area contributed by atoms with Gasteiger partial charge in [0.2, 0.25) is 5.91 Å². The Kier molecular flexibility index (Phi) is 4.85. The maximum Gasteiger partial charge on any atom is 0.248 e. The third-order valence-electron chi connectivity index (χ3n) is 2.76. The topological polar surface area (TPSA) is 64.3 Å². The molecule has 0 heterocycles. The number of amides is 1. The summed E-state index contributed by atoms with van der Waals surface area (Å²) in [5.74, 6) is 0.260. The number of nitrogens with two attached hydrogens (primary N) is 1. The zero-order chi connectivity index (χ0) is 15.2. The van der Waals surface area contributed by atoms with Crippen molar-refractivity contribution in [1.29, 1.82) is 0 Å². The highest BCUT2D eigenvalue weighted by Gasteiger charge is 2.03. The van der Waals surface area contributed by atoms with E-state index in [1.165, 1.54) is 13.2 Å². The summed E-state index contributed by atoms with van der Waals surface area (Å²) in [5.41, 5.74) is 7.80. The third kappa shape index (κ3) is 4.26. The molecule has 0 atom stereocenters. The van der Waals surface area contributed by atoms with Gasteiger partial charge in [-0.15, -0.1) is 0 Å². The van der Waals surface area contributed by atoms with Crippen molar-refractivity contribution in [1.82, 2.24) is 0 Å². The molecule has 3 N–H and O–H groups in total. The smallest absolute Gasteiger partial charge is 0.248 e. The van der Waals surface area contributed by atoms with Crippen LogP contribution in [0.1, 0.15) is 5.56 Å². The van der Waals surface area contributed by atoms with Gasteiger partial charge >= 0.3 is 0 Å². The Hall–Kier alpha value is -2.46. The van der Waals surface area contributed by atoms with Crippen LogP contribution in [-0.4, -0.2) is 13.0 Å². The summed E-state index contributed by atoms with van der Waals surface area (Å²) in [5, 5.41) is 3.22. The second kappa shape index (κ2) is 6.81. The molecule has 2 aromatic carbocycles. The highest BCUT2D eigenvalue weighted by Crippen LogP contribution is 2.27. The van der Waals surface area contributed by atoms with Crippen LogP contribution < -0.4 is 15.8 Å². The molecule has 21 heavy (non-hydrogen) atoms. The number of hydrogen-bond acceptors (Lipinski definition) is 3. The average molecular weight is 303 g/mol. The summed E-state index contributed by atoms with van der Waals surface area (Å²) in [4.78, 5) is 11.9. The standard InChI is InChI=1S/C16H15ClN2O2/c1-21-15-10-13(6-7-14(15)17)19-16(20)8-5-11-3-2-4-12(18)9-11/h2-10H,18H2,1H3,(H,19,20)/b8-5+. The van der Waals surface area contributed by atoms with Crippen molar-refractivity contribution in [3.05, 3.63) is 59.1 Å². The lowest BCUT2D eigenvalue weighted by atomic mass is 10.2. The molecule has 0 radical (unpaired) electrons. The number of nitrogen functional groups attached to an aromatic ring is 1. The van der Waals surface area contributed by atoms with Crippen molar-refractivity contribution in [3.8, 4) is 5.75 Å². The molecule has 0 spiro atoms. The SMILES string of the molecule is COc1cc(NC(=O)/C=C/c2cccc(N)c2)ccc1Cl. The zero-order valence-corrected chi connectivity index (χ0v) is 12.2. The van der Waals surface area contributed by atoms with Crippen LogP contribution in [0, 0.1) is 0 Å². The molecule has 0 aromatic heterocycles. The van der Waals surface area contributed by atoms with Gasteiger partial charge in [-0.25, -0.2) is 0 Å². The molecule has 0 aliphatic carbocycles. The third-order valence-corrected chi connectivity index (χ3v) is 3.07. The lowest BCUT2D eigenvalue weighted by Gasteiger charge is -2.06. The van der Waals surface area contributed by atoms with Gasteiger partial charge in [0.05, 0.1) is 12.1 Å². The number of halogens is 1. The van der Waals surface area contributed by atoms with Crippen molar-refractivity contribution >= 4 is 35.0 Å². The number of ether oxygens (including phenoxy) is 1. The fraction of sp³-hybridized carbons (Fsp3) is 0.0625. The summed E-state index contributed by atoms with van der Waals surface area (Å²) < 4.78 is 5.09. The van der Waals surface area contributed by atoms with Gasteiger partial charge in [0.1, 0.15) is 5.75 Å². The molecule has 0 bridgehead atoms. The Morgan fingerprint density at radius 1 is 1.29 bits per heavy atom. The van der Waals surface area contributed by atoms with E-state index in [1.54, 1.807) is 36.4 Å². The number of benzene rings is 2. The second-order valence-electron chi connectivity index (χ2n) is 4.34. The van der Waals surface area contributed by atoms with Crippen LogP contribution in [0.5, 0.6) is 5.75 Å². The summed E-state index contributed by atoms with van der Waals surface area (Å²) in [7, 11) is 1.52. The zero-order valence-electron chi connectivity index (χ0n) is 11.5. The van der Waals surface area contributed by atoms with Crippen molar-refractivity contribution in [2.45, 2.75) is 0 Å². The minimum absolute atomic E-state index is 0.248. The highest BCUT2D eigenvalue weighted by atomic mass is 35.5. The first-order valence-electron chi connectivity index (χ1n) is 6.26. The number of anilines is 2. The van der Waals surface area contributed by atoms with Gasteiger partial charge < -0.3 is 15.8 Å². The van der Waals surface area contributed by atoms with Crippen LogP contribution in [0.3, 0.4) is 0 Å². The first-order valence-corrected chi connectivity index (χ1v) is 6.64. The lowest BCUT2D eigenvalue weighted by molar-refractivity contribution is -0.111. The number of hydrogen-bond donors (Lipinski definition) is 2. The first kappa shape index (κ1) is 14.9. The molecule has 0 aliphatic heterocycles. The quantitative estimate of drug-likeness (QED) is 0.670. The van der Waals surface area contributed by atoms with Gasteiger partial charge in [0.25, 0.3) is 0 Å². The van der Waals surface area contributed by atoms with E-state index in [-0.39, 0.29) is 5.91 Å². The summed E-state index contributed by atoms with van der Waals surface area (Å²) >= 11 is 5.93. The van der Waals surface area contributed by atoms with E-state index in [0.29, 0.717) is 22.1 Å². The van der Waals surface area contributed by atoms with Gasteiger partial charge in [-0.3, -0.25) is 4.79 Å². The van der Waals surface area contributed by atoms with Crippen LogP contribution in [0.25, 0.3) is 6.08 Å². The summed E-state index contributed by atoms with van der Waals surface area (Å²) in [6.45, 7) is 0. The molecule has 0 unspecified atom stereocenters. The van der Waals surface area contributed by atoms with Gasteiger partial charge in [-0.05, 0) is 35.9 Å². The Bertz CT molecular complexity index is 684. The number of nitrogens with one attached hydrogen (secondary N) is 1. The molecule has 0 saturated carbocycles. The molecular formula is C16H15ClN2O2. The molecular weight excluding hydrogens is 288 g/mol. The predicted octanol–water partition coefficient (Wildman–Crippen LogP) is 3.58. The maximum atomic E-state index is 11.9. The number of carbonyl (C=O) groups excluding carboxylic acids is 1. The largest absolute Gasteiger partial charge is 0.495 e. The van der Waals surface area contributed by atoms with Crippen LogP contribution in [0.15, 0.2) is 48.5 Å². The molecule has 0 saturated heterocycles. The van der Waals surface area contributed by atoms with Crippen molar-refractivity contribution in [3.63, 3.8) is 0 Å². The van der Waals surface area contributed by atoms with E-state index in [9.17, 15) is 4.79 Å². The van der Waals surface area contributed by atoms with Gasteiger partial charge in [-0.2, -0.15) is 0 Å². The van der Waals surface area contributed by atoms with Crippen molar-refractivity contribution < 1.29 is 9.53 Å². The normalized spacial score (nSPS) is 10.6. The predicted molar refractivity (Wildman–Crippen MR) is 86.5 cm³/mol. The molecule has 0 aliphatic rings. The van der Waals surface area contributed by atoms with Crippen LogP contribution in [0.4, 0.5) is 11.4 Å². The van der Waals surface area contributed by atoms with Crippen molar-refractivity contribution in [2.75, 3.05) is 18.2 Å². The number of methoxy groups -OCH3 is 1. The van der Waals surface area contributed by atoms with Crippen LogP contribution in [0.2, 0.25) is 5.02 Å². The molecule has 2 aromatic rings. The minimum Gasteiger partial charge on any atom is -0.495 e. The van der Waals surface area contributed by atoms with Crippen molar-refractivity contribution in [2.24, 2.45) is 0 Å². The number of carbonyl (C=O) groups is 1. The molecule has 1 amide bonds. The monoisotopic (exact) mass is 302 g/mol. The molecule has 2 rings (SSSR count). The summed E-state index contributed by atoms with van der Waals surface area (Å²) in [6.07, 6.45) is 3.13. The first-order chi connectivity index (χ1) is 10.1. The summed E-state index contributed by atoms with van der Waals surface area (Å²) in [6, 6.07) is 12.3. The Balaban J connectivity index is 2.05. The maximum absolute atomic E-state index is 11.9. The molecule has 4 nitrogen and oxygen atoms in total. The number of rotatable bonds is 4. The second-order valence-corrected chi connectivity index (χ2v) is 4.75. The fourth-order valence-corrected chi connectivity index (χ4v) is 1.95. The van der Waals surface area contributed by atoms with Gasteiger partial charge in [-0.1, -0.05) is 23.7 Å².